The molecule has 1 atom stereocenters. The normalized spacial score (nSPS) is 16.6. The Morgan fingerprint density at radius 3 is 2.76 bits per heavy atom. The van der Waals surface area contributed by atoms with Gasteiger partial charge in [-0.2, -0.15) is 0 Å². The van der Waals surface area contributed by atoms with E-state index in [1.54, 1.807) is 30.6 Å². The number of anilines is 1. The van der Waals surface area contributed by atoms with Gasteiger partial charge in [0.2, 0.25) is 5.95 Å². The monoisotopic (exact) mass is 284 g/mol. The largest absolute Gasteiger partial charge is 0.448 e. The van der Waals surface area contributed by atoms with E-state index in [4.69, 9.17) is 4.74 Å². The summed E-state index contributed by atoms with van der Waals surface area (Å²) in [4.78, 5) is 31.7. The number of benzene rings is 1. The predicted molar refractivity (Wildman–Crippen MR) is 73.1 cm³/mol. The molecule has 1 aliphatic rings. The second-order valence-corrected chi connectivity index (χ2v) is 4.44. The Bertz CT molecular complexity index is 675. The fourth-order valence-corrected chi connectivity index (χ4v) is 2.04. The first-order valence-electron chi connectivity index (χ1n) is 6.36. The zero-order valence-corrected chi connectivity index (χ0v) is 10.9. The summed E-state index contributed by atoms with van der Waals surface area (Å²) in [5, 5.41) is 0. The summed E-state index contributed by atoms with van der Waals surface area (Å²) in [7, 11) is 0. The number of nitrogens with zero attached hydrogens (tertiary/aromatic N) is 2. The van der Waals surface area contributed by atoms with Crippen molar-refractivity contribution in [1.82, 2.24) is 15.4 Å². The molecule has 0 saturated heterocycles. The third-order valence-electron chi connectivity index (χ3n) is 3.05. The van der Waals surface area contributed by atoms with Crippen LogP contribution in [0.5, 0.6) is 0 Å². The lowest BCUT2D eigenvalue weighted by Crippen LogP contribution is -2.44. The maximum absolute atomic E-state index is 12.0. The lowest BCUT2D eigenvalue weighted by atomic mass is 9.98. The Balaban J connectivity index is 1.65. The predicted octanol–water partition coefficient (Wildman–Crippen LogP) is 0.701. The van der Waals surface area contributed by atoms with Gasteiger partial charge in [0.1, 0.15) is 0 Å². The van der Waals surface area contributed by atoms with Crippen LogP contribution >= 0.6 is 0 Å². The molecule has 2 heterocycles. The van der Waals surface area contributed by atoms with Crippen LogP contribution in [0.2, 0.25) is 0 Å². The summed E-state index contributed by atoms with van der Waals surface area (Å²) in [6.07, 6.45) is 2.55. The van der Waals surface area contributed by atoms with Crippen LogP contribution in [0.1, 0.15) is 15.9 Å². The fraction of sp³-hybridized carbons (Fsp3) is 0.143. The molecular weight excluding hydrogens is 272 g/mol. The first-order valence-corrected chi connectivity index (χ1v) is 6.36. The number of nitrogens with one attached hydrogen (secondary N) is 2. The number of hydrazine groups is 1. The van der Waals surface area contributed by atoms with Gasteiger partial charge in [0.15, 0.2) is 6.10 Å². The van der Waals surface area contributed by atoms with Crippen LogP contribution < -0.4 is 10.9 Å². The average molecular weight is 284 g/mol. The highest BCUT2D eigenvalue weighted by molar-refractivity contribution is 5.95. The molecular formula is C14H12N4O3. The number of hydrogen-bond acceptors (Lipinski definition) is 6. The third-order valence-corrected chi connectivity index (χ3v) is 3.05. The van der Waals surface area contributed by atoms with Gasteiger partial charge in [-0.15, -0.1) is 0 Å². The van der Waals surface area contributed by atoms with Crippen molar-refractivity contribution in [1.29, 1.82) is 0 Å². The van der Waals surface area contributed by atoms with Gasteiger partial charge in [-0.3, -0.25) is 15.6 Å². The highest BCUT2D eigenvalue weighted by Crippen LogP contribution is 2.20. The Hall–Kier alpha value is -2.96. The molecule has 7 heteroatoms. The van der Waals surface area contributed by atoms with Crippen LogP contribution in [0.4, 0.5) is 5.95 Å². The van der Waals surface area contributed by atoms with Crippen molar-refractivity contribution in [3.63, 3.8) is 0 Å². The topological polar surface area (TPSA) is 93.2 Å². The molecule has 0 spiro atoms. The molecule has 0 bridgehead atoms. The van der Waals surface area contributed by atoms with Crippen molar-refractivity contribution in [2.24, 2.45) is 0 Å². The molecule has 106 valence electrons. The maximum atomic E-state index is 12.0. The zero-order valence-electron chi connectivity index (χ0n) is 10.9. The molecule has 3 rings (SSSR count). The van der Waals surface area contributed by atoms with E-state index in [1.165, 1.54) is 0 Å². The standard InChI is InChI=1S/C14H12N4O3/c19-12(17-18-14-15-6-3-7-16-14)11-8-9-4-1-2-5-10(9)13(20)21-11/h1-7,11H,8H2,(H,17,19)(H,15,16,18)/t11-/m1/s1. The van der Waals surface area contributed by atoms with E-state index >= 15 is 0 Å². The second kappa shape index (κ2) is 5.58. The molecule has 1 aromatic heterocycles. The fourth-order valence-electron chi connectivity index (χ4n) is 2.04. The molecule has 2 aromatic rings. The quantitative estimate of drug-likeness (QED) is 0.636. The smallest absolute Gasteiger partial charge is 0.339 e. The first kappa shape index (κ1) is 13.0. The van der Waals surface area contributed by atoms with Crippen LogP contribution in [-0.4, -0.2) is 27.9 Å². The molecule has 21 heavy (non-hydrogen) atoms. The summed E-state index contributed by atoms with van der Waals surface area (Å²) in [5.41, 5.74) is 6.29. The van der Waals surface area contributed by atoms with E-state index in [0.717, 1.165) is 5.56 Å². The van der Waals surface area contributed by atoms with Gasteiger partial charge in [-0.1, -0.05) is 18.2 Å². The molecule has 0 unspecified atom stereocenters. The van der Waals surface area contributed by atoms with Crippen LogP contribution in [0.25, 0.3) is 0 Å². The molecule has 0 saturated carbocycles. The molecule has 0 radical (unpaired) electrons. The maximum Gasteiger partial charge on any atom is 0.339 e. The molecule has 1 aliphatic heterocycles. The van der Waals surface area contributed by atoms with Crippen LogP contribution in [0.15, 0.2) is 42.7 Å². The summed E-state index contributed by atoms with van der Waals surface area (Å²) in [5.74, 6) is -0.688. The summed E-state index contributed by atoms with van der Waals surface area (Å²) < 4.78 is 5.13. The van der Waals surface area contributed by atoms with Gasteiger partial charge in [-0.25, -0.2) is 14.8 Å². The summed E-state index contributed by atoms with van der Waals surface area (Å²) >= 11 is 0. The minimum atomic E-state index is -0.872. The number of hydrogen-bond donors (Lipinski definition) is 2. The van der Waals surface area contributed by atoms with Gasteiger partial charge in [0.25, 0.3) is 5.91 Å². The Morgan fingerprint density at radius 1 is 1.19 bits per heavy atom. The molecule has 0 aliphatic carbocycles. The van der Waals surface area contributed by atoms with E-state index in [2.05, 4.69) is 20.8 Å². The number of esters is 1. The number of carbonyl (C=O) groups excluding carboxylic acids is 2. The number of amides is 1. The lowest BCUT2D eigenvalue weighted by molar-refractivity contribution is -0.129. The minimum absolute atomic E-state index is 0.258. The van der Waals surface area contributed by atoms with E-state index in [1.807, 2.05) is 12.1 Å². The molecule has 2 N–H and O–H groups in total. The van der Waals surface area contributed by atoms with Crippen molar-refractivity contribution in [2.75, 3.05) is 5.43 Å². The minimum Gasteiger partial charge on any atom is -0.448 e. The average Bonchev–Trinajstić information content (AvgIpc) is 2.53. The second-order valence-electron chi connectivity index (χ2n) is 4.44. The SMILES string of the molecule is O=C1O[C@@H](C(=O)NNc2ncccn2)Cc2ccccc21. The number of carbonyl (C=O) groups is 2. The number of rotatable bonds is 3. The Kier molecular flexibility index (Phi) is 3.46. The Morgan fingerprint density at radius 2 is 1.95 bits per heavy atom. The molecule has 0 fully saturated rings. The molecule has 7 nitrogen and oxygen atoms in total. The summed E-state index contributed by atoms with van der Waals surface area (Å²) in [6, 6.07) is 8.73. The van der Waals surface area contributed by atoms with Gasteiger partial charge in [-0.05, 0) is 17.7 Å². The van der Waals surface area contributed by atoms with Crippen LogP contribution in [0.3, 0.4) is 0 Å². The third kappa shape index (κ3) is 2.81. The van der Waals surface area contributed by atoms with Crippen molar-refractivity contribution in [3.8, 4) is 0 Å². The van der Waals surface area contributed by atoms with Crippen molar-refractivity contribution >= 4 is 17.8 Å². The van der Waals surface area contributed by atoms with Gasteiger partial charge in [0.05, 0.1) is 5.56 Å². The van der Waals surface area contributed by atoms with Crippen LogP contribution in [0, 0.1) is 0 Å². The Labute approximate surface area is 120 Å². The van der Waals surface area contributed by atoms with E-state index in [0.29, 0.717) is 12.0 Å². The van der Waals surface area contributed by atoms with Crippen molar-refractivity contribution in [3.05, 3.63) is 53.9 Å². The van der Waals surface area contributed by atoms with Crippen LogP contribution in [-0.2, 0) is 16.0 Å². The van der Waals surface area contributed by atoms with Gasteiger partial charge >= 0.3 is 5.97 Å². The highest BCUT2D eigenvalue weighted by atomic mass is 16.5. The first-order chi connectivity index (χ1) is 10.2. The highest BCUT2D eigenvalue weighted by Gasteiger charge is 2.30. The van der Waals surface area contributed by atoms with E-state index in [-0.39, 0.29) is 5.95 Å². The summed E-state index contributed by atoms with van der Waals surface area (Å²) in [6.45, 7) is 0. The van der Waals surface area contributed by atoms with Gasteiger partial charge < -0.3 is 4.74 Å². The number of ether oxygens (including phenoxy) is 1. The van der Waals surface area contributed by atoms with Crippen molar-refractivity contribution < 1.29 is 14.3 Å². The lowest BCUT2D eigenvalue weighted by Gasteiger charge is -2.23. The number of aromatic nitrogens is 2. The number of cyclic esters (lactones) is 1. The molecule has 1 amide bonds. The van der Waals surface area contributed by atoms with E-state index < -0.39 is 18.0 Å². The van der Waals surface area contributed by atoms with E-state index in [9.17, 15) is 9.59 Å². The van der Waals surface area contributed by atoms with Crippen molar-refractivity contribution in [2.45, 2.75) is 12.5 Å². The van der Waals surface area contributed by atoms with Gasteiger partial charge in [0, 0.05) is 18.8 Å². The number of fused-ring (bicyclic) bond motifs is 1. The zero-order chi connectivity index (χ0) is 14.7. The molecule has 1 aromatic carbocycles.